The molecule has 7 nitrogen and oxygen atoms in total. The van der Waals surface area contributed by atoms with Gasteiger partial charge in [-0.25, -0.2) is 8.42 Å². The summed E-state index contributed by atoms with van der Waals surface area (Å²) in [6.45, 7) is 4.72. The van der Waals surface area contributed by atoms with Crippen LogP contribution in [0.2, 0.25) is 10.0 Å². The second-order valence-electron chi connectivity index (χ2n) is 6.81. The van der Waals surface area contributed by atoms with E-state index in [1.807, 2.05) is 13.8 Å². The summed E-state index contributed by atoms with van der Waals surface area (Å²) in [5.41, 5.74) is 0.237. The lowest BCUT2D eigenvalue weighted by Crippen LogP contribution is -2.57. The van der Waals surface area contributed by atoms with E-state index in [0.29, 0.717) is 5.02 Å². The lowest BCUT2D eigenvalue weighted by Gasteiger charge is -2.36. The third-order valence-corrected chi connectivity index (χ3v) is 6.27. The van der Waals surface area contributed by atoms with Crippen molar-refractivity contribution >= 4 is 45.0 Å². The number of nitrogens with zero attached hydrogens (tertiary/aromatic N) is 2. The SMILES string of the molecule is CC(C)[C@H](NC(=O)c1ccc(Cl)cc1Cl)C(=O)N1CCN(S(C)(=O)=O)CC1. The van der Waals surface area contributed by atoms with Crippen LogP contribution in [0.3, 0.4) is 0 Å². The molecule has 2 rings (SSSR count). The summed E-state index contributed by atoms with van der Waals surface area (Å²) in [6.07, 6.45) is 1.15. The summed E-state index contributed by atoms with van der Waals surface area (Å²) in [4.78, 5) is 27.0. The molecule has 2 amide bonds. The largest absolute Gasteiger partial charge is 0.340 e. The molecule has 1 N–H and O–H groups in total. The molecule has 0 aromatic heterocycles. The Morgan fingerprint density at radius 1 is 1.11 bits per heavy atom. The number of benzene rings is 1. The van der Waals surface area contributed by atoms with Crippen molar-refractivity contribution in [2.75, 3.05) is 32.4 Å². The van der Waals surface area contributed by atoms with Crippen LogP contribution < -0.4 is 5.32 Å². The maximum atomic E-state index is 12.9. The zero-order valence-electron chi connectivity index (χ0n) is 15.4. The topological polar surface area (TPSA) is 86.8 Å². The molecule has 1 aliphatic rings. The van der Waals surface area contributed by atoms with Crippen LogP contribution in [0.5, 0.6) is 0 Å². The third kappa shape index (κ3) is 5.57. The van der Waals surface area contributed by atoms with Gasteiger partial charge < -0.3 is 10.2 Å². The Balaban J connectivity index is 2.08. The second kappa shape index (κ2) is 8.77. The molecule has 10 heteroatoms. The Morgan fingerprint density at radius 2 is 1.70 bits per heavy atom. The van der Waals surface area contributed by atoms with Crippen LogP contribution in [0, 0.1) is 5.92 Å². The molecule has 0 unspecified atom stereocenters. The van der Waals surface area contributed by atoms with Gasteiger partial charge in [0.25, 0.3) is 5.91 Å². The molecule has 27 heavy (non-hydrogen) atoms. The van der Waals surface area contributed by atoms with E-state index in [2.05, 4.69) is 5.32 Å². The van der Waals surface area contributed by atoms with E-state index in [9.17, 15) is 18.0 Å². The first-order chi connectivity index (χ1) is 12.5. The van der Waals surface area contributed by atoms with E-state index >= 15 is 0 Å². The van der Waals surface area contributed by atoms with Gasteiger partial charge in [0.05, 0.1) is 16.8 Å². The molecular formula is C17H23Cl2N3O4S. The smallest absolute Gasteiger partial charge is 0.253 e. The van der Waals surface area contributed by atoms with Crippen LogP contribution in [0.25, 0.3) is 0 Å². The number of hydrogen-bond acceptors (Lipinski definition) is 4. The van der Waals surface area contributed by atoms with Crippen LogP contribution >= 0.6 is 23.2 Å². The molecular weight excluding hydrogens is 413 g/mol. The molecule has 1 aliphatic heterocycles. The van der Waals surface area contributed by atoms with Crippen molar-refractivity contribution in [3.63, 3.8) is 0 Å². The zero-order chi connectivity index (χ0) is 20.4. The first-order valence-corrected chi connectivity index (χ1v) is 11.1. The standard InChI is InChI=1S/C17H23Cl2N3O4S/c1-11(2)15(20-16(23)13-5-4-12(18)10-14(13)19)17(24)21-6-8-22(9-7-21)27(3,25)26/h4-5,10-11,15H,6-9H2,1-3H3,(H,20,23)/t15-/m0/s1. The number of sulfonamides is 1. The fourth-order valence-corrected chi connectivity index (χ4v) is 4.16. The van der Waals surface area contributed by atoms with Crippen LogP contribution in [-0.4, -0.2) is 67.9 Å². The van der Waals surface area contributed by atoms with Crippen molar-refractivity contribution in [2.24, 2.45) is 5.92 Å². The van der Waals surface area contributed by atoms with Crippen LogP contribution in [0.15, 0.2) is 18.2 Å². The predicted octanol–water partition coefficient (Wildman–Crippen LogP) is 1.85. The summed E-state index contributed by atoms with van der Waals surface area (Å²) < 4.78 is 24.6. The van der Waals surface area contributed by atoms with E-state index in [1.165, 1.54) is 16.4 Å². The molecule has 0 radical (unpaired) electrons. The Labute approximate surface area is 169 Å². The maximum absolute atomic E-state index is 12.9. The van der Waals surface area contributed by atoms with E-state index in [1.54, 1.807) is 11.0 Å². The van der Waals surface area contributed by atoms with E-state index in [4.69, 9.17) is 23.2 Å². The van der Waals surface area contributed by atoms with Crippen molar-refractivity contribution < 1.29 is 18.0 Å². The molecule has 1 saturated heterocycles. The van der Waals surface area contributed by atoms with Crippen LogP contribution in [0.1, 0.15) is 24.2 Å². The Hall–Kier alpha value is -1.35. The number of carbonyl (C=O) groups excluding carboxylic acids is 2. The zero-order valence-corrected chi connectivity index (χ0v) is 17.7. The van der Waals surface area contributed by atoms with Crippen molar-refractivity contribution in [3.05, 3.63) is 33.8 Å². The number of hydrogen-bond donors (Lipinski definition) is 1. The average Bonchev–Trinajstić information content (AvgIpc) is 2.58. The predicted molar refractivity (Wildman–Crippen MR) is 106 cm³/mol. The highest BCUT2D eigenvalue weighted by molar-refractivity contribution is 7.88. The van der Waals surface area contributed by atoms with Crippen molar-refractivity contribution in [3.8, 4) is 0 Å². The lowest BCUT2D eigenvalue weighted by atomic mass is 10.0. The third-order valence-electron chi connectivity index (χ3n) is 4.41. The molecule has 1 aromatic carbocycles. The van der Waals surface area contributed by atoms with Gasteiger partial charge in [-0.1, -0.05) is 37.0 Å². The van der Waals surface area contributed by atoms with Gasteiger partial charge in [0.15, 0.2) is 0 Å². The molecule has 0 aliphatic carbocycles. The summed E-state index contributed by atoms with van der Waals surface area (Å²) >= 11 is 11.9. The summed E-state index contributed by atoms with van der Waals surface area (Å²) in [5, 5.41) is 3.36. The maximum Gasteiger partial charge on any atom is 0.253 e. The summed E-state index contributed by atoms with van der Waals surface area (Å²) in [6, 6.07) is 3.79. The molecule has 0 spiro atoms. The number of carbonyl (C=O) groups is 2. The molecule has 1 aromatic rings. The Morgan fingerprint density at radius 3 is 2.19 bits per heavy atom. The summed E-state index contributed by atoms with van der Waals surface area (Å²) in [5.74, 6) is -0.851. The van der Waals surface area contributed by atoms with Crippen LogP contribution in [-0.2, 0) is 14.8 Å². The highest BCUT2D eigenvalue weighted by Gasteiger charge is 2.32. The minimum atomic E-state index is -3.27. The number of halogens is 2. The van der Waals surface area contributed by atoms with Gasteiger partial charge in [-0.3, -0.25) is 9.59 Å². The van der Waals surface area contributed by atoms with Crippen molar-refractivity contribution in [2.45, 2.75) is 19.9 Å². The molecule has 1 fully saturated rings. The molecule has 150 valence electrons. The molecule has 1 heterocycles. The van der Waals surface area contributed by atoms with Gasteiger partial charge in [0.1, 0.15) is 6.04 Å². The minimum absolute atomic E-state index is 0.152. The van der Waals surface area contributed by atoms with Crippen LogP contribution in [0.4, 0.5) is 0 Å². The Bertz CT molecular complexity index is 821. The minimum Gasteiger partial charge on any atom is -0.340 e. The lowest BCUT2D eigenvalue weighted by molar-refractivity contribution is -0.135. The fourth-order valence-electron chi connectivity index (χ4n) is 2.84. The van der Waals surface area contributed by atoms with Crippen molar-refractivity contribution in [1.29, 1.82) is 0 Å². The molecule has 0 saturated carbocycles. The second-order valence-corrected chi connectivity index (χ2v) is 9.63. The van der Waals surface area contributed by atoms with Gasteiger partial charge in [0.2, 0.25) is 15.9 Å². The number of amides is 2. The first kappa shape index (κ1) is 21.9. The first-order valence-electron chi connectivity index (χ1n) is 8.50. The average molecular weight is 436 g/mol. The van der Waals surface area contributed by atoms with E-state index < -0.39 is 22.0 Å². The van der Waals surface area contributed by atoms with Gasteiger partial charge in [-0.15, -0.1) is 0 Å². The van der Waals surface area contributed by atoms with Gasteiger partial charge in [0, 0.05) is 31.2 Å². The fraction of sp³-hybridized carbons (Fsp3) is 0.529. The quantitative estimate of drug-likeness (QED) is 0.764. The van der Waals surface area contributed by atoms with Gasteiger partial charge in [-0.05, 0) is 24.1 Å². The number of rotatable bonds is 5. The molecule has 0 bridgehead atoms. The highest BCUT2D eigenvalue weighted by atomic mass is 35.5. The van der Waals surface area contributed by atoms with E-state index in [0.717, 1.165) is 6.26 Å². The highest BCUT2D eigenvalue weighted by Crippen LogP contribution is 2.21. The number of piperazine rings is 1. The summed E-state index contributed by atoms with van der Waals surface area (Å²) in [7, 11) is -3.27. The molecule has 1 atom stereocenters. The Kier molecular flexibility index (Phi) is 7.13. The monoisotopic (exact) mass is 435 g/mol. The van der Waals surface area contributed by atoms with E-state index in [-0.39, 0.29) is 48.6 Å². The van der Waals surface area contributed by atoms with Gasteiger partial charge >= 0.3 is 0 Å². The van der Waals surface area contributed by atoms with Crippen molar-refractivity contribution in [1.82, 2.24) is 14.5 Å². The number of nitrogens with one attached hydrogen (secondary N) is 1. The normalized spacial score (nSPS) is 17.0. The van der Waals surface area contributed by atoms with Gasteiger partial charge in [-0.2, -0.15) is 4.31 Å².